The summed E-state index contributed by atoms with van der Waals surface area (Å²) in [4.78, 5) is 16.0. The van der Waals surface area contributed by atoms with E-state index in [0.29, 0.717) is 36.9 Å². The fourth-order valence-electron chi connectivity index (χ4n) is 7.80. The molecule has 3 aromatic carbocycles. The first-order valence-corrected chi connectivity index (χ1v) is 21.1. The molecule has 0 saturated carbocycles. The molecular weight excluding hydrogens is 761 g/mol. The van der Waals surface area contributed by atoms with Gasteiger partial charge in [0.15, 0.2) is 17.8 Å². The lowest BCUT2D eigenvalue weighted by Crippen LogP contribution is -2.51. The van der Waals surface area contributed by atoms with Crippen molar-refractivity contribution in [3.63, 3.8) is 0 Å². The van der Waals surface area contributed by atoms with Gasteiger partial charge in [-0.05, 0) is 79.5 Å². The van der Waals surface area contributed by atoms with Crippen LogP contribution >= 0.6 is 11.5 Å². The maximum Gasteiger partial charge on any atom is 0.412 e. The largest absolute Gasteiger partial charge is 0.489 e. The van der Waals surface area contributed by atoms with E-state index in [0.717, 1.165) is 28.8 Å². The molecule has 0 N–H and O–H groups in total. The van der Waals surface area contributed by atoms with Crippen molar-refractivity contribution in [2.24, 2.45) is 11.8 Å². The Bertz CT molecular complexity index is 2100. The number of aromatic nitrogens is 2. The number of hydrogen-bond donors (Lipinski definition) is 0. The van der Waals surface area contributed by atoms with Crippen LogP contribution in [0, 0.1) is 11.8 Å². The Kier molecular flexibility index (Phi) is 10.9. The molecule has 3 saturated heterocycles. The van der Waals surface area contributed by atoms with Crippen molar-refractivity contribution in [1.82, 2.24) is 18.8 Å². The van der Waals surface area contributed by atoms with Crippen LogP contribution < -0.4 is 14.2 Å². The number of sulfonamides is 1. The molecule has 8 rings (SSSR count). The zero-order chi connectivity index (χ0) is 39.0. The van der Waals surface area contributed by atoms with E-state index in [1.807, 2.05) is 81.6 Å². The smallest absolute Gasteiger partial charge is 0.412 e. The van der Waals surface area contributed by atoms with E-state index in [1.54, 1.807) is 11.0 Å². The molecule has 4 aliphatic rings. The summed E-state index contributed by atoms with van der Waals surface area (Å²) in [5, 5.41) is 6.04. The van der Waals surface area contributed by atoms with E-state index in [2.05, 4.69) is 9.59 Å². The minimum atomic E-state index is -4.02. The van der Waals surface area contributed by atoms with Gasteiger partial charge in [-0.15, -0.1) is 5.10 Å². The highest BCUT2D eigenvalue weighted by molar-refractivity contribution is 7.89. The number of ether oxygens (including phenoxy) is 7. The lowest BCUT2D eigenvalue weighted by molar-refractivity contribution is -0.0911. The third-order valence-electron chi connectivity index (χ3n) is 10.5. The average molecular weight is 807 g/mol. The molecule has 298 valence electrons. The topological polar surface area (TPSA) is 148 Å². The fraction of sp³-hybridized carbons (Fsp3) is 0.475. The first kappa shape index (κ1) is 38.5. The van der Waals surface area contributed by atoms with Crippen LogP contribution in [0.25, 0.3) is 11.3 Å². The molecule has 4 aromatic rings. The van der Waals surface area contributed by atoms with Crippen molar-refractivity contribution in [2.75, 3.05) is 33.1 Å². The van der Waals surface area contributed by atoms with Crippen LogP contribution in [0.3, 0.4) is 0 Å². The zero-order valence-electron chi connectivity index (χ0n) is 31.7. The number of carbonyl (C=O) groups is 1. The first-order valence-electron chi connectivity index (χ1n) is 18.8. The van der Waals surface area contributed by atoms with Crippen LogP contribution in [0.15, 0.2) is 77.0 Å². The highest BCUT2D eigenvalue weighted by Crippen LogP contribution is 2.40. The summed E-state index contributed by atoms with van der Waals surface area (Å²) in [7, 11) is -4.02. The number of fused-ring (bicyclic) bond motifs is 2. The van der Waals surface area contributed by atoms with E-state index in [1.165, 1.54) is 28.0 Å². The van der Waals surface area contributed by atoms with Crippen LogP contribution in [0.1, 0.15) is 45.2 Å². The Morgan fingerprint density at radius 2 is 1.79 bits per heavy atom. The van der Waals surface area contributed by atoms with Crippen LogP contribution in [-0.2, 0) is 42.0 Å². The van der Waals surface area contributed by atoms with E-state index >= 15 is 0 Å². The Labute approximate surface area is 330 Å². The van der Waals surface area contributed by atoms with Gasteiger partial charge < -0.3 is 33.2 Å². The molecule has 56 heavy (non-hydrogen) atoms. The Morgan fingerprint density at radius 3 is 2.54 bits per heavy atom. The Hall–Kier alpha value is -4.32. The van der Waals surface area contributed by atoms with Gasteiger partial charge in [-0.1, -0.05) is 54.7 Å². The van der Waals surface area contributed by atoms with Gasteiger partial charge in [0.25, 0.3) is 0 Å². The van der Waals surface area contributed by atoms with Crippen molar-refractivity contribution in [1.29, 1.82) is 0 Å². The lowest BCUT2D eigenvalue weighted by atomic mass is 9.99. The van der Waals surface area contributed by atoms with Crippen molar-refractivity contribution >= 4 is 27.6 Å². The summed E-state index contributed by atoms with van der Waals surface area (Å²) in [5.41, 5.74) is 2.63. The highest BCUT2D eigenvalue weighted by Gasteiger charge is 2.53. The summed E-state index contributed by atoms with van der Waals surface area (Å²) in [5.74, 6) is 1.51. The van der Waals surface area contributed by atoms with Gasteiger partial charge >= 0.3 is 6.09 Å². The SMILES string of the molecule is CC(C)CN(C[C@@H]1OC(C)(C)N(C(=O)O[C@@H]2CO[C@@H]3OCC[C@@H]32)[C@@H]1Cc1ccc(OCc2ccc(-c3csnn3)cc2)cc1)S(=O)(=O)c1ccc2c(c1)OCO2. The highest BCUT2D eigenvalue weighted by atomic mass is 32.2. The van der Waals surface area contributed by atoms with Gasteiger partial charge in [0.05, 0.1) is 36.2 Å². The maximum absolute atomic E-state index is 14.3. The summed E-state index contributed by atoms with van der Waals surface area (Å²) < 4.78 is 75.3. The van der Waals surface area contributed by atoms with Crippen molar-refractivity contribution in [3.05, 3.63) is 83.2 Å². The van der Waals surface area contributed by atoms with E-state index in [-0.39, 0.29) is 49.5 Å². The zero-order valence-corrected chi connectivity index (χ0v) is 33.4. The molecule has 4 aliphatic heterocycles. The molecule has 3 fully saturated rings. The monoisotopic (exact) mass is 806 g/mol. The number of amides is 1. The Morgan fingerprint density at radius 1 is 1.02 bits per heavy atom. The van der Waals surface area contributed by atoms with E-state index in [9.17, 15) is 13.2 Å². The molecule has 0 spiro atoms. The quantitative estimate of drug-likeness (QED) is 0.154. The predicted molar refractivity (Wildman–Crippen MR) is 205 cm³/mol. The van der Waals surface area contributed by atoms with Crippen LogP contribution in [0.5, 0.6) is 17.2 Å². The summed E-state index contributed by atoms with van der Waals surface area (Å²) in [6.07, 6.45) is -0.999. The normalized spacial score (nSPS) is 23.9. The number of nitrogens with zero attached hydrogens (tertiary/aromatic N) is 4. The van der Waals surface area contributed by atoms with Gasteiger partial charge in [-0.25, -0.2) is 13.2 Å². The molecule has 1 amide bonds. The molecule has 5 heterocycles. The van der Waals surface area contributed by atoms with Crippen molar-refractivity contribution in [3.8, 4) is 28.5 Å². The minimum absolute atomic E-state index is 0.00241. The maximum atomic E-state index is 14.3. The predicted octanol–water partition coefficient (Wildman–Crippen LogP) is 6.11. The molecule has 16 heteroatoms. The molecule has 0 aliphatic carbocycles. The lowest BCUT2D eigenvalue weighted by Gasteiger charge is -2.34. The second-order valence-electron chi connectivity index (χ2n) is 15.3. The summed E-state index contributed by atoms with van der Waals surface area (Å²) in [6, 6.07) is 19.8. The molecular formula is C40H46N4O10S2. The third kappa shape index (κ3) is 8.08. The standard InChI is InChI=1S/C40H46N4O10S2/c1-25(2)19-43(56(46,47)30-13-14-34-35(18-30)52-24-51-34)20-36-33(44(40(3,4)54-36)39(45)53-37-22-50-38-31(37)15-16-48-38)17-26-7-11-29(12-8-26)49-21-27-5-9-28(10-6-27)32-23-55-42-41-32/h5-14,18,23,25,31,33,36-38H,15-17,19-22,24H2,1-4H3/t31-,33-,36+,37-,38+/m1/s1. The molecule has 1 aromatic heterocycles. The van der Waals surface area contributed by atoms with Crippen molar-refractivity contribution < 1.29 is 46.4 Å². The number of carbonyl (C=O) groups excluding carboxylic acids is 1. The molecule has 0 unspecified atom stereocenters. The summed E-state index contributed by atoms with van der Waals surface area (Å²) >= 11 is 1.31. The van der Waals surface area contributed by atoms with Gasteiger partial charge in [0, 0.05) is 30.1 Å². The van der Waals surface area contributed by atoms with Gasteiger partial charge in [0.2, 0.25) is 16.8 Å². The fourth-order valence-corrected chi connectivity index (χ4v) is 9.90. The van der Waals surface area contributed by atoms with Crippen LogP contribution in [0.2, 0.25) is 0 Å². The van der Waals surface area contributed by atoms with E-state index in [4.69, 9.17) is 33.2 Å². The molecule has 14 nitrogen and oxygen atoms in total. The van der Waals surface area contributed by atoms with Gasteiger partial charge in [-0.3, -0.25) is 4.90 Å². The molecule has 5 atom stereocenters. The van der Waals surface area contributed by atoms with Gasteiger partial charge in [-0.2, -0.15) is 4.31 Å². The second kappa shape index (κ2) is 15.9. The van der Waals surface area contributed by atoms with Gasteiger partial charge in [0.1, 0.15) is 29.9 Å². The van der Waals surface area contributed by atoms with Crippen molar-refractivity contribution in [2.45, 2.75) is 82.3 Å². The van der Waals surface area contributed by atoms with Crippen LogP contribution in [0.4, 0.5) is 4.79 Å². The minimum Gasteiger partial charge on any atom is -0.489 e. The number of hydrogen-bond acceptors (Lipinski definition) is 13. The first-order chi connectivity index (χ1) is 26.9. The number of benzene rings is 3. The Balaban J connectivity index is 1.03. The van der Waals surface area contributed by atoms with E-state index < -0.39 is 40.1 Å². The second-order valence-corrected chi connectivity index (χ2v) is 17.9. The average Bonchev–Trinajstić information content (AvgIpc) is 4.02. The third-order valence-corrected chi connectivity index (χ3v) is 12.9. The molecule has 0 radical (unpaired) electrons. The number of rotatable bonds is 13. The molecule has 0 bridgehead atoms. The van der Waals surface area contributed by atoms with Crippen LogP contribution in [-0.4, -0.2) is 96.7 Å². The summed E-state index contributed by atoms with van der Waals surface area (Å²) in [6.45, 7) is 8.97.